The zero-order valence-electron chi connectivity index (χ0n) is 17.6. The maximum absolute atomic E-state index is 12.6. The van der Waals surface area contributed by atoms with Gasteiger partial charge in [0.2, 0.25) is 5.91 Å². The Hall–Kier alpha value is -2.34. The lowest BCUT2D eigenvalue weighted by atomic mass is 9.81. The van der Waals surface area contributed by atoms with Gasteiger partial charge in [-0.1, -0.05) is 43.3 Å². The van der Waals surface area contributed by atoms with Crippen LogP contribution in [0.2, 0.25) is 0 Å². The fraction of sp³-hybridized carbons (Fsp3) is 0.583. The Balaban J connectivity index is 1.31. The first-order valence-electron chi connectivity index (χ1n) is 11.4. The molecule has 2 atom stereocenters. The molecule has 162 valence electrons. The Morgan fingerprint density at radius 2 is 2.00 bits per heavy atom. The summed E-state index contributed by atoms with van der Waals surface area (Å²) in [4.78, 5) is 12.6. The van der Waals surface area contributed by atoms with Gasteiger partial charge in [0.05, 0.1) is 5.69 Å². The highest BCUT2D eigenvalue weighted by Crippen LogP contribution is 2.29. The molecule has 1 saturated carbocycles. The molecule has 1 aromatic carbocycles. The molecule has 1 aliphatic heterocycles. The van der Waals surface area contributed by atoms with Gasteiger partial charge < -0.3 is 20.3 Å². The van der Waals surface area contributed by atoms with Crippen LogP contribution in [0.3, 0.4) is 0 Å². The lowest BCUT2D eigenvalue weighted by Crippen LogP contribution is -2.39. The van der Waals surface area contributed by atoms with Gasteiger partial charge in [0.25, 0.3) is 0 Å². The normalized spacial score (nSPS) is 22.7. The number of aromatic nitrogens is 1. The standard InChI is InChI=1S/C24H33N3O3/c28-22-8-4-7-20(14-22)26-24(29)13-18-9-10-25-16-19(18)12-21-15-23(30-27-21)11-17-5-2-1-3-6-17/h4,7-8,14-15,17-19,25,28H,1-3,5-6,9-13,16H2,(H,26,29). The number of nitrogens with zero attached hydrogens (tertiary/aromatic N) is 1. The van der Waals surface area contributed by atoms with Gasteiger partial charge in [0.1, 0.15) is 11.5 Å². The van der Waals surface area contributed by atoms with Crippen molar-refractivity contribution in [1.82, 2.24) is 10.5 Å². The Morgan fingerprint density at radius 1 is 1.13 bits per heavy atom. The minimum absolute atomic E-state index is 0.00404. The van der Waals surface area contributed by atoms with E-state index in [2.05, 4.69) is 21.9 Å². The van der Waals surface area contributed by atoms with Crippen LogP contribution in [0.5, 0.6) is 5.75 Å². The van der Waals surface area contributed by atoms with Crippen LogP contribution >= 0.6 is 0 Å². The van der Waals surface area contributed by atoms with E-state index in [-0.39, 0.29) is 11.7 Å². The van der Waals surface area contributed by atoms with E-state index >= 15 is 0 Å². The molecule has 2 heterocycles. The number of hydrogen-bond donors (Lipinski definition) is 3. The molecule has 2 aromatic rings. The highest BCUT2D eigenvalue weighted by atomic mass is 16.5. The van der Waals surface area contributed by atoms with Crippen molar-refractivity contribution in [3.63, 3.8) is 0 Å². The average Bonchev–Trinajstić information content (AvgIpc) is 3.17. The van der Waals surface area contributed by atoms with E-state index < -0.39 is 0 Å². The number of benzene rings is 1. The lowest BCUT2D eigenvalue weighted by molar-refractivity contribution is -0.117. The molecular formula is C24H33N3O3. The Bertz CT molecular complexity index is 829. The van der Waals surface area contributed by atoms with E-state index in [0.29, 0.717) is 23.9 Å². The van der Waals surface area contributed by atoms with Crippen LogP contribution in [0.1, 0.15) is 56.4 Å². The number of aromatic hydroxyl groups is 1. The second-order valence-corrected chi connectivity index (χ2v) is 9.01. The van der Waals surface area contributed by atoms with Crippen molar-refractivity contribution < 1.29 is 14.4 Å². The Labute approximate surface area is 178 Å². The third-order valence-electron chi connectivity index (χ3n) is 6.64. The third kappa shape index (κ3) is 5.85. The first-order chi connectivity index (χ1) is 14.7. The van der Waals surface area contributed by atoms with E-state index in [1.54, 1.807) is 24.3 Å². The van der Waals surface area contributed by atoms with E-state index in [9.17, 15) is 9.90 Å². The topological polar surface area (TPSA) is 87.4 Å². The number of anilines is 1. The number of nitrogens with one attached hydrogen (secondary N) is 2. The van der Waals surface area contributed by atoms with Gasteiger partial charge in [0, 0.05) is 30.7 Å². The maximum Gasteiger partial charge on any atom is 0.224 e. The van der Waals surface area contributed by atoms with Gasteiger partial charge in [-0.05, 0) is 55.8 Å². The van der Waals surface area contributed by atoms with Crippen LogP contribution in [0.4, 0.5) is 5.69 Å². The lowest BCUT2D eigenvalue weighted by Gasteiger charge is -2.31. The maximum atomic E-state index is 12.6. The van der Waals surface area contributed by atoms with E-state index in [1.165, 1.54) is 32.1 Å². The second kappa shape index (κ2) is 10.1. The van der Waals surface area contributed by atoms with E-state index in [4.69, 9.17) is 4.52 Å². The summed E-state index contributed by atoms with van der Waals surface area (Å²) in [5.74, 6) is 2.57. The molecule has 0 spiro atoms. The minimum Gasteiger partial charge on any atom is -0.508 e. The molecule has 1 amide bonds. The number of phenolic OH excluding ortho intramolecular Hbond substituents is 1. The number of hydrogen-bond acceptors (Lipinski definition) is 5. The summed E-state index contributed by atoms with van der Waals surface area (Å²) in [5.41, 5.74) is 1.64. The van der Waals surface area contributed by atoms with Crippen molar-refractivity contribution in [1.29, 1.82) is 0 Å². The Kier molecular flexibility index (Phi) is 7.05. The molecule has 1 aromatic heterocycles. The molecule has 1 saturated heterocycles. The van der Waals surface area contributed by atoms with Crippen molar-refractivity contribution in [2.75, 3.05) is 18.4 Å². The van der Waals surface area contributed by atoms with Gasteiger partial charge in [-0.25, -0.2) is 0 Å². The minimum atomic E-state index is -0.00404. The number of phenols is 1. The molecule has 3 N–H and O–H groups in total. The molecule has 30 heavy (non-hydrogen) atoms. The number of carbonyl (C=O) groups excluding carboxylic acids is 1. The quantitative estimate of drug-likeness (QED) is 0.632. The van der Waals surface area contributed by atoms with Crippen molar-refractivity contribution >= 4 is 11.6 Å². The largest absolute Gasteiger partial charge is 0.508 e. The zero-order valence-corrected chi connectivity index (χ0v) is 17.6. The highest BCUT2D eigenvalue weighted by Gasteiger charge is 2.28. The van der Waals surface area contributed by atoms with Gasteiger partial charge in [0.15, 0.2) is 0 Å². The van der Waals surface area contributed by atoms with Crippen LogP contribution < -0.4 is 10.6 Å². The van der Waals surface area contributed by atoms with E-state index in [1.807, 2.05) is 0 Å². The molecule has 2 unspecified atom stereocenters. The summed E-state index contributed by atoms with van der Waals surface area (Å²) in [7, 11) is 0. The number of carbonyl (C=O) groups is 1. The fourth-order valence-corrected chi connectivity index (χ4v) is 5.01. The summed E-state index contributed by atoms with van der Waals surface area (Å²) in [6, 6.07) is 8.82. The monoisotopic (exact) mass is 411 g/mol. The molecule has 0 bridgehead atoms. The van der Waals surface area contributed by atoms with Crippen LogP contribution in [0.25, 0.3) is 0 Å². The molecule has 0 radical (unpaired) electrons. The van der Waals surface area contributed by atoms with Crippen LogP contribution in [0, 0.1) is 17.8 Å². The van der Waals surface area contributed by atoms with Crippen molar-refractivity contribution in [3.05, 3.63) is 41.8 Å². The van der Waals surface area contributed by atoms with Gasteiger partial charge >= 0.3 is 0 Å². The zero-order chi connectivity index (χ0) is 20.8. The van der Waals surface area contributed by atoms with E-state index in [0.717, 1.165) is 49.7 Å². The molecule has 6 heteroatoms. The molecule has 1 aliphatic carbocycles. The summed E-state index contributed by atoms with van der Waals surface area (Å²) in [5, 5.41) is 20.3. The second-order valence-electron chi connectivity index (χ2n) is 9.01. The summed E-state index contributed by atoms with van der Waals surface area (Å²) < 4.78 is 5.64. The summed E-state index contributed by atoms with van der Waals surface area (Å²) in [6.45, 7) is 1.83. The highest BCUT2D eigenvalue weighted by molar-refractivity contribution is 5.91. The molecule has 4 rings (SSSR count). The molecule has 2 aliphatic rings. The molecule has 2 fully saturated rings. The van der Waals surface area contributed by atoms with Crippen molar-refractivity contribution in [2.45, 2.75) is 57.8 Å². The van der Waals surface area contributed by atoms with Gasteiger partial charge in [-0.2, -0.15) is 0 Å². The predicted octanol–water partition coefficient (Wildman–Crippen LogP) is 4.30. The van der Waals surface area contributed by atoms with Gasteiger partial charge in [-0.3, -0.25) is 4.79 Å². The number of piperidine rings is 1. The Morgan fingerprint density at radius 3 is 2.83 bits per heavy atom. The SMILES string of the molecule is O=C(CC1CCNCC1Cc1cc(CC2CCCCC2)on1)Nc1cccc(O)c1. The molecule has 6 nitrogen and oxygen atoms in total. The van der Waals surface area contributed by atoms with Crippen LogP contribution in [0.15, 0.2) is 34.9 Å². The predicted molar refractivity (Wildman–Crippen MR) is 116 cm³/mol. The van der Waals surface area contributed by atoms with Crippen molar-refractivity contribution in [2.24, 2.45) is 17.8 Å². The molecular weight excluding hydrogens is 378 g/mol. The fourth-order valence-electron chi connectivity index (χ4n) is 5.01. The van der Waals surface area contributed by atoms with Crippen LogP contribution in [-0.2, 0) is 17.6 Å². The number of rotatable bonds is 7. The average molecular weight is 412 g/mol. The summed E-state index contributed by atoms with van der Waals surface area (Å²) in [6.07, 6.45) is 9.96. The smallest absolute Gasteiger partial charge is 0.224 e. The van der Waals surface area contributed by atoms with Crippen molar-refractivity contribution in [3.8, 4) is 5.75 Å². The first kappa shape index (κ1) is 20.9. The first-order valence-corrected chi connectivity index (χ1v) is 11.4. The van der Waals surface area contributed by atoms with Crippen LogP contribution in [-0.4, -0.2) is 29.3 Å². The number of amides is 1. The summed E-state index contributed by atoms with van der Waals surface area (Å²) >= 11 is 0. The van der Waals surface area contributed by atoms with Gasteiger partial charge in [-0.15, -0.1) is 0 Å². The third-order valence-corrected chi connectivity index (χ3v) is 6.64.